The van der Waals surface area contributed by atoms with Crippen LogP contribution in [0, 0.1) is 6.92 Å². The number of anilines is 3. The Labute approximate surface area is 139 Å². The molecule has 0 aliphatic carbocycles. The molecular formula is C15H20ClN7. The number of hydrogen-bond donors (Lipinski definition) is 3. The summed E-state index contributed by atoms with van der Waals surface area (Å²) in [6, 6.07) is 0.445. The highest BCUT2D eigenvalue weighted by atomic mass is 35.5. The predicted octanol–water partition coefficient (Wildman–Crippen LogP) is 2.27. The van der Waals surface area contributed by atoms with Gasteiger partial charge in [-0.2, -0.15) is 10.1 Å². The number of nitrogens with zero attached hydrogens (tertiary/aromatic N) is 4. The van der Waals surface area contributed by atoms with Gasteiger partial charge in [-0.3, -0.25) is 4.68 Å². The van der Waals surface area contributed by atoms with E-state index in [0.29, 0.717) is 22.8 Å². The average Bonchev–Trinajstić information content (AvgIpc) is 2.76. The van der Waals surface area contributed by atoms with Crippen molar-refractivity contribution in [1.29, 1.82) is 0 Å². The molecule has 7 nitrogen and oxygen atoms in total. The largest absolute Gasteiger partial charge is 0.369 e. The normalized spacial score (nSPS) is 18.2. The first kappa shape index (κ1) is 14.7. The molecule has 0 spiro atoms. The van der Waals surface area contributed by atoms with Crippen LogP contribution in [0.5, 0.6) is 0 Å². The van der Waals surface area contributed by atoms with Crippen LogP contribution in [0.25, 0.3) is 0 Å². The molecule has 1 fully saturated rings. The summed E-state index contributed by atoms with van der Waals surface area (Å²) in [5, 5.41) is 15.3. The Balaban J connectivity index is 1.73. The molecule has 2 aliphatic rings. The van der Waals surface area contributed by atoms with E-state index in [1.807, 2.05) is 0 Å². The lowest BCUT2D eigenvalue weighted by molar-refractivity contribution is 0.312. The van der Waals surface area contributed by atoms with Gasteiger partial charge in [0.1, 0.15) is 10.8 Å². The third-order valence-corrected chi connectivity index (χ3v) is 4.72. The highest BCUT2D eigenvalue weighted by molar-refractivity contribution is 6.32. The van der Waals surface area contributed by atoms with Crippen LogP contribution in [0.2, 0.25) is 5.02 Å². The number of rotatable bonds is 1. The Bertz CT molecular complexity index is 723. The first-order chi connectivity index (χ1) is 11.2. The van der Waals surface area contributed by atoms with Crippen LogP contribution in [0.1, 0.15) is 30.3 Å². The van der Waals surface area contributed by atoms with E-state index in [4.69, 9.17) is 16.7 Å². The van der Waals surface area contributed by atoms with Crippen LogP contribution < -0.4 is 16.0 Å². The molecule has 0 radical (unpaired) electrons. The van der Waals surface area contributed by atoms with E-state index in [9.17, 15) is 0 Å². The Hall–Kier alpha value is -1.86. The monoisotopic (exact) mass is 333 g/mol. The Morgan fingerprint density at radius 2 is 2.17 bits per heavy atom. The predicted molar refractivity (Wildman–Crippen MR) is 90.6 cm³/mol. The molecule has 8 heteroatoms. The fraction of sp³-hybridized carbons (Fsp3) is 0.533. The van der Waals surface area contributed by atoms with Gasteiger partial charge in [-0.05, 0) is 26.2 Å². The zero-order valence-corrected chi connectivity index (χ0v) is 13.8. The molecule has 3 N–H and O–H groups in total. The van der Waals surface area contributed by atoms with E-state index < -0.39 is 0 Å². The summed E-state index contributed by atoms with van der Waals surface area (Å²) in [5.41, 5.74) is 3.27. The minimum atomic E-state index is 0.445. The van der Waals surface area contributed by atoms with Gasteiger partial charge in [0, 0.05) is 19.6 Å². The number of nitrogens with one attached hydrogen (secondary N) is 3. The van der Waals surface area contributed by atoms with E-state index in [0.717, 1.165) is 56.0 Å². The number of fused-ring (bicyclic) bond motifs is 3. The molecule has 0 unspecified atom stereocenters. The van der Waals surface area contributed by atoms with Gasteiger partial charge in [-0.15, -0.1) is 0 Å². The quantitative estimate of drug-likeness (QED) is 0.743. The van der Waals surface area contributed by atoms with Crippen molar-refractivity contribution in [2.45, 2.75) is 32.2 Å². The second-order valence-electron chi connectivity index (χ2n) is 6.06. The van der Waals surface area contributed by atoms with Crippen molar-refractivity contribution >= 4 is 29.1 Å². The minimum absolute atomic E-state index is 0.445. The van der Waals surface area contributed by atoms with Crippen molar-refractivity contribution in [2.75, 3.05) is 30.3 Å². The molecule has 0 atom stereocenters. The molecule has 4 rings (SSSR count). The van der Waals surface area contributed by atoms with Crippen LogP contribution in [0.15, 0.2) is 6.20 Å². The summed E-state index contributed by atoms with van der Waals surface area (Å²) in [6.45, 7) is 4.91. The molecule has 2 aromatic rings. The van der Waals surface area contributed by atoms with Crippen LogP contribution in [-0.2, 0) is 6.42 Å². The van der Waals surface area contributed by atoms with Gasteiger partial charge in [0.05, 0.1) is 29.3 Å². The van der Waals surface area contributed by atoms with Gasteiger partial charge < -0.3 is 16.0 Å². The summed E-state index contributed by atoms with van der Waals surface area (Å²) >= 11 is 6.16. The summed E-state index contributed by atoms with van der Waals surface area (Å²) in [7, 11) is 0. The van der Waals surface area contributed by atoms with Crippen LogP contribution >= 0.6 is 11.6 Å². The number of aromatic nitrogens is 4. The molecule has 2 bridgehead atoms. The molecule has 0 aromatic carbocycles. The van der Waals surface area contributed by atoms with Crippen molar-refractivity contribution < 1.29 is 0 Å². The molecule has 2 aromatic heterocycles. The Kier molecular flexibility index (Phi) is 3.82. The molecular weight excluding hydrogens is 314 g/mol. The van der Waals surface area contributed by atoms with Crippen molar-refractivity contribution in [3.05, 3.63) is 22.6 Å². The van der Waals surface area contributed by atoms with Crippen molar-refractivity contribution in [3.63, 3.8) is 0 Å². The molecule has 122 valence electrons. The van der Waals surface area contributed by atoms with Crippen LogP contribution in [-0.4, -0.2) is 39.4 Å². The van der Waals surface area contributed by atoms with Gasteiger partial charge in [0.15, 0.2) is 0 Å². The van der Waals surface area contributed by atoms with Crippen LogP contribution in [0.4, 0.5) is 17.5 Å². The van der Waals surface area contributed by atoms with Gasteiger partial charge >= 0.3 is 0 Å². The highest BCUT2D eigenvalue weighted by Crippen LogP contribution is 2.29. The molecule has 0 saturated carbocycles. The first-order valence-corrected chi connectivity index (χ1v) is 8.42. The maximum atomic E-state index is 6.16. The van der Waals surface area contributed by atoms with Gasteiger partial charge in [0.25, 0.3) is 0 Å². The average molecular weight is 334 g/mol. The van der Waals surface area contributed by atoms with E-state index in [1.165, 1.54) is 0 Å². The fourth-order valence-electron chi connectivity index (χ4n) is 3.01. The van der Waals surface area contributed by atoms with Gasteiger partial charge in [-0.25, -0.2) is 4.98 Å². The van der Waals surface area contributed by atoms with E-state index in [-0.39, 0.29) is 0 Å². The molecule has 23 heavy (non-hydrogen) atoms. The number of halogens is 1. The lowest BCUT2D eigenvalue weighted by Gasteiger charge is -2.28. The fourth-order valence-corrected chi connectivity index (χ4v) is 3.16. The van der Waals surface area contributed by atoms with E-state index in [2.05, 4.69) is 37.5 Å². The zero-order chi connectivity index (χ0) is 15.8. The second-order valence-corrected chi connectivity index (χ2v) is 6.47. The van der Waals surface area contributed by atoms with Crippen molar-refractivity contribution in [1.82, 2.24) is 25.1 Å². The molecule has 4 heterocycles. The molecule has 2 aliphatic heterocycles. The molecule has 1 saturated heterocycles. The second kappa shape index (κ2) is 5.98. The van der Waals surface area contributed by atoms with Crippen molar-refractivity contribution in [3.8, 4) is 0 Å². The lowest BCUT2D eigenvalue weighted by atomic mass is 10.1. The summed E-state index contributed by atoms with van der Waals surface area (Å²) in [5.74, 6) is 1.23. The highest BCUT2D eigenvalue weighted by Gasteiger charge is 2.25. The SMILES string of the molecule is Cc1c2c(nn1C1CNC1)CCCCNc1nc(ncc1Cl)N2. The maximum absolute atomic E-state index is 6.16. The molecule has 0 amide bonds. The third kappa shape index (κ3) is 2.74. The van der Waals surface area contributed by atoms with Crippen molar-refractivity contribution in [2.24, 2.45) is 0 Å². The standard InChI is InChI=1S/C15H20ClN7/c1-9-13-12(22-23(9)10-6-17-7-10)4-2-3-5-18-14-11(16)8-19-15(20-13)21-14/h8,10,17H,2-7H2,1H3,(H2,18,19,20,21). The van der Waals surface area contributed by atoms with Gasteiger partial charge in [0.2, 0.25) is 5.95 Å². The number of aryl methyl sites for hydroxylation is 1. The maximum Gasteiger partial charge on any atom is 0.229 e. The Morgan fingerprint density at radius 1 is 1.30 bits per heavy atom. The van der Waals surface area contributed by atoms with Crippen LogP contribution in [0.3, 0.4) is 0 Å². The summed E-state index contributed by atoms with van der Waals surface area (Å²) in [4.78, 5) is 8.79. The van der Waals surface area contributed by atoms with E-state index in [1.54, 1.807) is 6.20 Å². The minimum Gasteiger partial charge on any atom is -0.369 e. The van der Waals surface area contributed by atoms with E-state index >= 15 is 0 Å². The lowest BCUT2D eigenvalue weighted by Crippen LogP contribution is -2.44. The summed E-state index contributed by atoms with van der Waals surface area (Å²) < 4.78 is 2.13. The van der Waals surface area contributed by atoms with Gasteiger partial charge in [-0.1, -0.05) is 11.6 Å². The summed E-state index contributed by atoms with van der Waals surface area (Å²) in [6.07, 6.45) is 4.70. The third-order valence-electron chi connectivity index (χ3n) is 4.44. The zero-order valence-electron chi connectivity index (χ0n) is 13.1. The Morgan fingerprint density at radius 3 is 2.96 bits per heavy atom. The topological polar surface area (TPSA) is 79.7 Å². The first-order valence-electron chi connectivity index (χ1n) is 8.04. The smallest absolute Gasteiger partial charge is 0.229 e. The number of hydrogen-bond acceptors (Lipinski definition) is 6.